The number of carbonyl (C=O) groups excluding carboxylic acids is 2. The maximum atomic E-state index is 13.4. The van der Waals surface area contributed by atoms with E-state index in [1.807, 2.05) is 18.2 Å². The number of anilines is 1. The molecule has 0 aromatic heterocycles. The predicted molar refractivity (Wildman–Crippen MR) is 107 cm³/mol. The molecule has 4 saturated heterocycles. The van der Waals surface area contributed by atoms with Crippen LogP contribution in [-0.4, -0.2) is 59.0 Å². The maximum absolute atomic E-state index is 13.4. The van der Waals surface area contributed by atoms with Crippen molar-refractivity contribution in [3.63, 3.8) is 0 Å². The molecule has 4 atom stereocenters. The second-order valence-corrected chi connectivity index (χ2v) is 8.59. The molecule has 4 aliphatic heterocycles. The Kier molecular flexibility index (Phi) is 4.70. The molecule has 0 radical (unpaired) electrons. The molecular formula is C21H27N3O6. The first-order valence-electron chi connectivity index (χ1n) is 9.86. The second kappa shape index (κ2) is 6.78. The molecule has 0 aliphatic carbocycles. The van der Waals surface area contributed by atoms with E-state index in [0.717, 1.165) is 0 Å². The van der Waals surface area contributed by atoms with Gasteiger partial charge in [-0.1, -0.05) is 24.8 Å². The highest BCUT2D eigenvalue weighted by Gasteiger charge is 2.66. The summed E-state index contributed by atoms with van der Waals surface area (Å²) in [6.45, 7) is 9.13. The van der Waals surface area contributed by atoms with E-state index in [9.17, 15) is 14.7 Å². The van der Waals surface area contributed by atoms with Crippen LogP contribution in [0.1, 0.15) is 27.2 Å². The van der Waals surface area contributed by atoms with Crippen molar-refractivity contribution in [1.82, 2.24) is 10.6 Å². The van der Waals surface area contributed by atoms with Gasteiger partial charge in [0, 0.05) is 5.69 Å². The van der Waals surface area contributed by atoms with E-state index in [4.69, 9.17) is 14.2 Å². The van der Waals surface area contributed by atoms with Gasteiger partial charge in [-0.3, -0.25) is 9.59 Å². The third-order valence-corrected chi connectivity index (χ3v) is 5.80. The van der Waals surface area contributed by atoms with Crippen molar-refractivity contribution in [3.05, 3.63) is 42.5 Å². The molecule has 9 heteroatoms. The van der Waals surface area contributed by atoms with Gasteiger partial charge in [0.2, 0.25) is 5.66 Å². The summed E-state index contributed by atoms with van der Waals surface area (Å²) < 4.78 is 17.3. The minimum absolute atomic E-state index is 0.0234. The van der Waals surface area contributed by atoms with Gasteiger partial charge in [0.15, 0.2) is 5.79 Å². The minimum Gasteiger partial charge on any atom is -0.384 e. The zero-order chi connectivity index (χ0) is 21.8. The van der Waals surface area contributed by atoms with Gasteiger partial charge in [0.05, 0.1) is 13.2 Å². The van der Waals surface area contributed by atoms with Gasteiger partial charge in [-0.15, -0.1) is 0 Å². The van der Waals surface area contributed by atoms with Crippen LogP contribution in [0.3, 0.4) is 0 Å². The number of amides is 2. The van der Waals surface area contributed by atoms with E-state index in [1.165, 1.54) is 0 Å². The van der Waals surface area contributed by atoms with E-state index in [1.54, 1.807) is 32.9 Å². The summed E-state index contributed by atoms with van der Waals surface area (Å²) >= 11 is 0. The number of piperazine rings is 1. The van der Waals surface area contributed by atoms with Crippen molar-refractivity contribution in [2.75, 3.05) is 18.5 Å². The molecule has 2 amide bonds. The molecule has 0 spiro atoms. The molecule has 1 aromatic rings. The standard InChI is InChI=1S/C21H27N3O6/c1-13-10-11-28-21(15(25)19(4)12-29-18(2,3)30-19)17(27)23-20(13,16(26)24-21)22-14-8-6-5-7-9-14/h5-9,15,22,25H,1,10-12H2,2-4H3,(H,23,27)(H,24,26)/t15-,19-,20-,21-/m0/s1. The highest BCUT2D eigenvalue weighted by molar-refractivity contribution is 6.05. The highest BCUT2D eigenvalue weighted by Crippen LogP contribution is 2.40. The summed E-state index contributed by atoms with van der Waals surface area (Å²) in [6, 6.07) is 9.02. The van der Waals surface area contributed by atoms with Crippen LogP contribution in [0.4, 0.5) is 5.69 Å². The topological polar surface area (TPSA) is 118 Å². The highest BCUT2D eigenvalue weighted by atomic mass is 16.8. The number of aliphatic hydroxyl groups excluding tert-OH is 1. The fourth-order valence-electron chi connectivity index (χ4n) is 4.20. The number of ether oxygens (including phenoxy) is 3. The number of para-hydroxylation sites is 1. The summed E-state index contributed by atoms with van der Waals surface area (Å²) in [7, 11) is 0. The molecule has 4 N–H and O–H groups in total. The van der Waals surface area contributed by atoms with Crippen LogP contribution in [0, 0.1) is 0 Å². The van der Waals surface area contributed by atoms with Gasteiger partial charge in [-0.2, -0.15) is 0 Å². The molecule has 0 saturated carbocycles. The molecular weight excluding hydrogens is 390 g/mol. The first-order valence-corrected chi connectivity index (χ1v) is 9.86. The van der Waals surface area contributed by atoms with Crippen LogP contribution < -0.4 is 16.0 Å². The Morgan fingerprint density at radius 2 is 1.80 bits per heavy atom. The van der Waals surface area contributed by atoms with Crippen molar-refractivity contribution in [3.8, 4) is 0 Å². The number of hydrogen-bond donors (Lipinski definition) is 4. The molecule has 4 aliphatic rings. The fourth-order valence-corrected chi connectivity index (χ4v) is 4.20. The lowest BCUT2D eigenvalue weighted by Crippen LogP contribution is -2.84. The Balaban J connectivity index is 1.70. The number of hydrogen-bond acceptors (Lipinski definition) is 7. The molecule has 162 valence electrons. The van der Waals surface area contributed by atoms with E-state index in [0.29, 0.717) is 17.7 Å². The normalized spacial score (nSPS) is 36.5. The molecule has 1 aromatic carbocycles. The molecule has 9 nitrogen and oxygen atoms in total. The Bertz CT molecular complexity index is 890. The largest absolute Gasteiger partial charge is 0.384 e. The van der Waals surface area contributed by atoms with Crippen molar-refractivity contribution >= 4 is 17.5 Å². The van der Waals surface area contributed by atoms with Crippen LogP contribution in [0.25, 0.3) is 0 Å². The van der Waals surface area contributed by atoms with E-state index < -0.39 is 40.7 Å². The zero-order valence-corrected chi connectivity index (χ0v) is 17.3. The van der Waals surface area contributed by atoms with Crippen molar-refractivity contribution < 1.29 is 28.9 Å². The van der Waals surface area contributed by atoms with Crippen LogP contribution in [-0.2, 0) is 23.8 Å². The summed E-state index contributed by atoms with van der Waals surface area (Å²) in [5.41, 5.74) is -3.81. The summed E-state index contributed by atoms with van der Waals surface area (Å²) in [4.78, 5) is 26.7. The number of nitrogens with one attached hydrogen (secondary N) is 3. The van der Waals surface area contributed by atoms with E-state index in [-0.39, 0.29) is 13.2 Å². The lowest BCUT2D eigenvalue weighted by Gasteiger charge is -2.52. The second-order valence-electron chi connectivity index (χ2n) is 8.59. The Hall–Kier alpha value is -2.46. The minimum atomic E-state index is -2.03. The first kappa shape index (κ1) is 20.8. The number of benzene rings is 1. The Morgan fingerprint density at radius 1 is 1.10 bits per heavy atom. The molecule has 4 fully saturated rings. The lowest BCUT2D eigenvalue weighted by atomic mass is 9.83. The monoisotopic (exact) mass is 417 g/mol. The van der Waals surface area contributed by atoms with Crippen molar-refractivity contribution in [1.29, 1.82) is 0 Å². The average Bonchev–Trinajstić information content (AvgIpc) is 2.98. The SMILES string of the molecule is C=C1CCO[C@]2([C@@H](O)[C@]3(C)COC(C)(C)O3)NC(=O)[C@@]1(Nc1ccccc1)NC2=O. The van der Waals surface area contributed by atoms with Crippen LogP contribution in [0.5, 0.6) is 0 Å². The van der Waals surface area contributed by atoms with Gasteiger partial charge < -0.3 is 35.3 Å². The van der Waals surface area contributed by atoms with Gasteiger partial charge >= 0.3 is 0 Å². The van der Waals surface area contributed by atoms with Crippen molar-refractivity contribution in [2.24, 2.45) is 0 Å². The predicted octanol–water partition coefficient (Wildman–Crippen LogP) is 0.616. The smallest absolute Gasteiger partial charge is 0.278 e. The summed E-state index contributed by atoms with van der Waals surface area (Å²) in [5, 5.41) is 19.7. The van der Waals surface area contributed by atoms with Gasteiger partial charge in [-0.05, 0) is 44.9 Å². The zero-order valence-electron chi connectivity index (χ0n) is 17.3. The number of carbonyl (C=O) groups is 2. The molecule has 30 heavy (non-hydrogen) atoms. The van der Waals surface area contributed by atoms with E-state index in [2.05, 4.69) is 22.5 Å². The molecule has 4 heterocycles. The molecule has 0 unspecified atom stereocenters. The first-order chi connectivity index (χ1) is 14.0. The van der Waals surface area contributed by atoms with Gasteiger partial charge in [0.25, 0.3) is 17.5 Å². The van der Waals surface area contributed by atoms with Crippen LogP contribution in [0.15, 0.2) is 42.5 Å². The lowest BCUT2D eigenvalue weighted by molar-refractivity contribution is -0.234. The van der Waals surface area contributed by atoms with Gasteiger partial charge in [-0.25, -0.2) is 0 Å². The summed E-state index contributed by atoms with van der Waals surface area (Å²) in [5.74, 6) is -2.24. The van der Waals surface area contributed by atoms with E-state index >= 15 is 0 Å². The summed E-state index contributed by atoms with van der Waals surface area (Å²) in [6.07, 6.45) is -1.24. The maximum Gasteiger partial charge on any atom is 0.278 e. The third kappa shape index (κ3) is 3.09. The number of rotatable bonds is 4. The van der Waals surface area contributed by atoms with Gasteiger partial charge in [0.1, 0.15) is 11.7 Å². The average molecular weight is 417 g/mol. The van der Waals surface area contributed by atoms with Crippen LogP contribution in [0.2, 0.25) is 0 Å². The Morgan fingerprint density at radius 3 is 2.43 bits per heavy atom. The molecule has 2 bridgehead atoms. The molecule has 5 rings (SSSR count). The third-order valence-electron chi connectivity index (χ3n) is 5.80. The Labute approximate surface area is 174 Å². The fraction of sp³-hybridized carbons (Fsp3) is 0.524. The van der Waals surface area contributed by atoms with Crippen LogP contribution >= 0.6 is 0 Å². The number of fused-ring (bicyclic) bond motifs is 5. The quantitative estimate of drug-likeness (QED) is 0.531. The number of aliphatic hydroxyl groups is 1. The van der Waals surface area contributed by atoms with Crippen molar-refractivity contribution in [2.45, 2.75) is 56.1 Å².